The van der Waals surface area contributed by atoms with Crippen molar-refractivity contribution in [3.63, 3.8) is 0 Å². The fourth-order valence-electron chi connectivity index (χ4n) is 4.24. The van der Waals surface area contributed by atoms with Crippen LogP contribution in [0.3, 0.4) is 0 Å². The minimum absolute atomic E-state index is 0.0919. The van der Waals surface area contributed by atoms with Gasteiger partial charge in [0.05, 0.1) is 17.1 Å². The summed E-state index contributed by atoms with van der Waals surface area (Å²) in [7, 11) is -0.0864. The Hall–Kier alpha value is -2.83. The van der Waals surface area contributed by atoms with E-state index in [2.05, 4.69) is 9.82 Å². The number of hydrogen-bond acceptors (Lipinski definition) is 6. The summed E-state index contributed by atoms with van der Waals surface area (Å²) in [6.07, 6.45) is 1.87. The zero-order chi connectivity index (χ0) is 25.6. The van der Waals surface area contributed by atoms with Crippen LogP contribution in [0, 0.1) is 5.82 Å². The van der Waals surface area contributed by atoms with Gasteiger partial charge in [-0.25, -0.2) is 17.5 Å². The Bertz CT molecular complexity index is 1570. The van der Waals surface area contributed by atoms with Crippen molar-refractivity contribution in [1.29, 1.82) is 0 Å². The largest absolute Gasteiger partial charge is 0.308 e. The average Bonchev–Trinajstić information content (AvgIpc) is 3.53. The van der Waals surface area contributed by atoms with Gasteiger partial charge in [0.15, 0.2) is 0 Å². The number of sulfonamides is 1. The van der Waals surface area contributed by atoms with E-state index in [-0.39, 0.29) is 22.9 Å². The highest BCUT2D eigenvalue weighted by atomic mass is 35.5. The van der Waals surface area contributed by atoms with Gasteiger partial charge in [-0.05, 0) is 62.3 Å². The molecule has 0 spiro atoms. The number of nitrogens with zero attached hydrogens (tertiary/aromatic N) is 4. The zero-order valence-corrected chi connectivity index (χ0v) is 21.9. The number of nitrogens with one attached hydrogen (secondary N) is 1. The first-order chi connectivity index (χ1) is 17.1. The number of thiophene rings is 1. The molecule has 1 aliphatic heterocycles. The van der Waals surface area contributed by atoms with Crippen molar-refractivity contribution >= 4 is 54.6 Å². The van der Waals surface area contributed by atoms with E-state index in [1.54, 1.807) is 41.2 Å². The molecule has 2 aromatic heterocycles. The lowest BCUT2D eigenvalue weighted by atomic mass is 10.2. The second kappa shape index (κ2) is 9.56. The van der Waals surface area contributed by atoms with Crippen molar-refractivity contribution in [2.75, 3.05) is 25.5 Å². The molecule has 2 aromatic carbocycles. The maximum absolute atomic E-state index is 15.1. The number of carbonyl (C=O) groups is 1. The fraction of sp³-hybridized carbons (Fsp3) is 0.250. The monoisotopic (exact) mass is 547 g/mol. The van der Waals surface area contributed by atoms with Crippen LogP contribution in [0.1, 0.15) is 12.1 Å². The molecule has 0 aliphatic carbocycles. The Morgan fingerprint density at radius 2 is 2.00 bits per heavy atom. The maximum atomic E-state index is 15.1. The lowest BCUT2D eigenvalue weighted by molar-refractivity contribution is -0.118. The molecule has 4 aromatic rings. The van der Waals surface area contributed by atoms with E-state index < -0.39 is 27.8 Å². The molecule has 1 atom stereocenters. The number of carbonyl (C=O) groups excluding carboxylic acids is 1. The summed E-state index contributed by atoms with van der Waals surface area (Å²) in [5.74, 6) is -1.08. The summed E-state index contributed by atoms with van der Waals surface area (Å²) in [6.45, 7) is 0.820. The minimum Gasteiger partial charge on any atom is -0.308 e. The molecule has 1 fully saturated rings. The quantitative estimate of drug-likeness (QED) is 0.377. The molecule has 1 N–H and O–H groups in total. The number of aromatic nitrogens is 2. The molecular formula is C24H23ClFN5O3S2. The van der Waals surface area contributed by atoms with Gasteiger partial charge in [0.25, 0.3) is 10.0 Å². The van der Waals surface area contributed by atoms with Gasteiger partial charge in [-0.2, -0.15) is 9.82 Å². The molecule has 0 bridgehead atoms. The third-order valence-electron chi connectivity index (χ3n) is 5.89. The first kappa shape index (κ1) is 24.8. The van der Waals surface area contributed by atoms with E-state index >= 15 is 4.39 Å². The summed E-state index contributed by atoms with van der Waals surface area (Å²) in [4.78, 5) is 16.3. The van der Waals surface area contributed by atoms with E-state index in [0.29, 0.717) is 17.3 Å². The van der Waals surface area contributed by atoms with E-state index in [1.165, 1.54) is 17.0 Å². The molecule has 36 heavy (non-hydrogen) atoms. The lowest BCUT2D eigenvalue weighted by Crippen LogP contribution is -2.41. The maximum Gasteiger partial charge on any atom is 0.250 e. The van der Waals surface area contributed by atoms with Crippen molar-refractivity contribution in [1.82, 2.24) is 19.4 Å². The second-order valence-corrected chi connectivity index (χ2v) is 12.3. The Kier molecular flexibility index (Phi) is 6.60. The summed E-state index contributed by atoms with van der Waals surface area (Å²) in [6, 6.07) is 12.1. The Balaban J connectivity index is 1.34. The van der Waals surface area contributed by atoms with Gasteiger partial charge in [0, 0.05) is 35.1 Å². The molecule has 0 radical (unpaired) electrons. The van der Waals surface area contributed by atoms with Crippen LogP contribution < -0.4 is 9.62 Å². The summed E-state index contributed by atoms with van der Waals surface area (Å²) in [5, 5.41) is 5.54. The highest BCUT2D eigenvalue weighted by Gasteiger charge is 2.37. The summed E-state index contributed by atoms with van der Waals surface area (Å²) < 4.78 is 46.1. The average molecular weight is 548 g/mol. The highest BCUT2D eigenvalue weighted by Crippen LogP contribution is 2.32. The third kappa shape index (κ3) is 4.76. The van der Waals surface area contributed by atoms with Crippen molar-refractivity contribution in [2.24, 2.45) is 0 Å². The minimum atomic E-state index is -3.95. The lowest BCUT2D eigenvalue weighted by Gasteiger charge is -2.19. The topological polar surface area (TPSA) is 87.5 Å². The van der Waals surface area contributed by atoms with Crippen LogP contribution in [-0.4, -0.2) is 55.7 Å². The predicted octanol–water partition coefficient (Wildman–Crippen LogP) is 4.02. The van der Waals surface area contributed by atoms with Crippen molar-refractivity contribution in [2.45, 2.75) is 23.2 Å². The van der Waals surface area contributed by atoms with Gasteiger partial charge in [0.2, 0.25) is 5.91 Å². The third-order valence-corrected chi connectivity index (χ3v) is 9.17. The molecule has 1 amide bonds. The number of anilines is 1. The Labute approximate surface area is 216 Å². The molecule has 188 valence electrons. The van der Waals surface area contributed by atoms with Gasteiger partial charge in [-0.15, -0.1) is 11.3 Å². The van der Waals surface area contributed by atoms with Crippen LogP contribution in [-0.2, 0) is 21.4 Å². The number of amides is 1. The number of halogens is 2. The van der Waals surface area contributed by atoms with Gasteiger partial charge < -0.3 is 9.80 Å². The van der Waals surface area contributed by atoms with Gasteiger partial charge in [-0.3, -0.25) is 4.79 Å². The number of benzene rings is 2. The van der Waals surface area contributed by atoms with Crippen LogP contribution in [0.25, 0.3) is 15.8 Å². The second-order valence-electron chi connectivity index (χ2n) is 8.81. The molecule has 1 saturated heterocycles. The summed E-state index contributed by atoms with van der Waals surface area (Å²) in [5.41, 5.74) is 1.53. The smallest absolute Gasteiger partial charge is 0.250 e. The van der Waals surface area contributed by atoms with Gasteiger partial charge in [-0.1, -0.05) is 17.7 Å². The van der Waals surface area contributed by atoms with Crippen molar-refractivity contribution in [3.05, 3.63) is 71.3 Å². The Morgan fingerprint density at radius 1 is 1.19 bits per heavy atom. The SMILES string of the molecule is CN(C)Cc1ccnn1-c1ccc(N2CCC(NS(=O)(=O)c3cc4ccc(Cl)cc4s3)C2=O)c(F)c1. The molecule has 3 heterocycles. The fourth-order valence-corrected chi connectivity index (χ4v) is 7.15. The normalized spacial score (nSPS) is 16.5. The van der Waals surface area contributed by atoms with E-state index in [9.17, 15) is 13.2 Å². The van der Waals surface area contributed by atoms with Crippen molar-refractivity contribution < 1.29 is 17.6 Å². The Morgan fingerprint density at radius 3 is 2.75 bits per heavy atom. The molecule has 5 rings (SSSR count). The highest BCUT2D eigenvalue weighted by molar-refractivity contribution is 7.91. The molecule has 1 unspecified atom stereocenters. The standard InChI is InChI=1S/C24H23ClFN5O3S2/c1-29(2)14-18-7-9-27-31(18)17-5-6-21(19(26)13-17)30-10-8-20(24(30)32)28-36(33,34)23-11-15-3-4-16(25)12-22(15)35-23/h3-7,9,11-13,20,28H,8,10,14H2,1-2H3. The van der Waals surface area contributed by atoms with E-state index in [0.717, 1.165) is 27.1 Å². The van der Waals surface area contributed by atoms with E-state index in [1.807, 2.05) is 25.1 Å². The number of hydrogen-bond donors (Lipinski definition) is 1. The molecule has 12 heteroatoms. The first-order valence-corrected chi connectivity index (χ1v) is 13.8. The molecule has 1 aliphatic rings. The van der Waals surface area contributed by atoms with Crippen molar-refractivity contribution in [3.8, 4) is 5.69 Å². The predicted molar refractivity (Wildman–Crippen MR) is 139 cm³/mol. The van der Waals surface area contributed by atoms with E-state index in [4.69, 9.17) is 11.6 Å². The van der Waals surface area contributed by atoms with Crippen LogP contribution in [0.2, 0.25) is 5.02 Å². The van der Waals surface area contributed by atoms with Gasteiger partial charge in [0.1, 0.15) is 16.1 Å². The van der Waals surface area contributed by atoms with Crippen LogP contribution in [0.5, 0.6) is 0 Å². The molecule has 8 nitrogen and oxygen atoms in total. The number of rotatable bonds is 7. The first-order valence-electron chi connectivity index (χ1n) is 11.1. The van der Waals surface area contributed by atoms with Gasteiger partial charge >= 0.3 is 0 Å². The number of fused-ring (bicyclic) bond motifs is 1. The summed E-state index contributed by atoms with van der Waals surface area (Å²) >= 11 is 7.08. The zero-order valence-electron chi connectivity index (χ0n) is 19.5. The molecular weight excluding hydrogens is 525 g/mol. The van der Waals surface area contributed by atoms with Crippen LogP contribution in [0.4, 0.5) is 10.1 Å². The van der Waals surface area contributed by atoms with Crippen LogP contribution in [0.15, 0.2) is 58.9 Å². The van der Waals surface area contributed by atoms with Crippen LogP contribution >= 0.6 is 22.9 Å². The molecule has 0 saturated carbocycles.